The van der Waals surface area contributed by atoms with Crippen LogP contribution < -0.4 is 20.9 Å². The summed E-state index contributed by atoms with van der Waals surface area (Å²) in [6.45, 7) is 2.22. The zero-order chi connectivity index (χ0) is 22.0. The normalized spacial score (nSPS) is 20.0. The number of benzene rings is 2. The second-order valence-electron chi connectivity index (χ2n) is 7.52. The van der Waals surface area contributed by atoms with E-state index in [1.807, 2.05) is 24.3 Å². The van der Waals surface area contributed by atoms with Crippen LogP contribution in [-0.2, 0) is 19.9 Å². The van der Waals surface area contributed by atoms with E-state index in [1.54, 1.807) is 47.9 Å². The van der Waals surface area contributed by atoms with Gasteiger partial charge in [0.1, 0.15) is 5.54 Å². The molecule has 2 aliphatic heterocycles. The molecule has 2 aromatic rings. The molecule has 0 aromatic heterocycles. The van der Waals surface area contributed by atoms with E-state index in [1.165, 1.54) is 0 Å². The van der Waals surface area contributed by atoms with Gasteiger partial charge in [0.2, 0.25) is 11.8 Å². The highest BCUT2D eigenvalue weighted by molar-refractivity contribution is 7.99. The van der Waals surface area contributed by atoms with E-state index in [0.717, 1.165) is 16.3 Å². The zero-order valence-corrected chi connectivity index (χ0v) is 17.8. The quantitative estimate of drug-likeness (QED) is 0.622. The summed E-state index contributed by atoms with van der Waals surface area (Å²) >= 11 is 1.72. The lowest BCUT2D eigenvalue weighted by molar-refractivity contribution is -0.123. The monoisotopic (exact) mass is 438 g/mol. The predicted molar refractivity (Wildman–Crippen MR) is 118 cm³/mol. The van der Waals surface area contributed by atoms with Gasteiger partial charge in [-0.15, -0.1) is 11.8 Å². The van der Waals surface area contributed by atoms with Crippen LogP contribution in [0, 0.1) is 0 Å². The minimum Gasteiger partial charge on any atom is -0.326 e. The largest absolute Gasteiger partial charge is 0.326 e. The molecule has 2 heterocycles. The van der Waals surface area contributed by atoms with E-state index < -0.39 is 17.5 Å². The highest BCUT2D eigenvalue weighted by atomic mass is 32.2. The molecule has 2 aromatic carbocycles. The Kier molecular flexibility index (Phi) is 5.69. The number of carbonyl (C=O) groups is 4. The Morgan fingerprint density at radius 3 is 2.71 bits per heavy atom. The van der Waals surface area contributed by atoms with Gasteiger partial charge in [-0.3, -0.25) is 19.7 Å². The number of hydrogen-bond donors (Lipinski definition) is 3. The highest BCUT2D eigenvalue weighted by Gasteiger charge is 2.43. The van der Waals surface area contributed by atoms with Crippen molar-refractivity contribution in [3.8, 4) is 0 Å². The van der Waals surface area contributed by atoms with Gasteiger partial charge in [0.15, 0.2) is 0 Å². The summed E-state index contributed by atoms with van der Waals surface area (Å²) in [5, 5.41) is 7.58. The third-order valence-corrected chi connectivity index (χ3v) is 6.41. The topological polar surface area (TPSA) is 108 Å². The average molecular weight is 439 g/mol. The van der Waals surface area contributed by atoms with E-state index in [4.69, 9.17) is 0 Å². The Morgan fingerprint density at radius 2 is 1.94 bits per heavy atom. The summed E-state index contributed by atoms with van der Waals surface area (Å²) in [5.41, 5.74) is 0.729. The summed E-state index contributed by atoms with van der Waals surface area (Å²) in [6, 6.07) is 13.9. The second kappa shape index (κ2) is 8.43. The van der Waals surface area contributed by atoms with Crippen LogP contribution in [0.4, 0.5) is 16.2 Å². The number of nitrogens with zero attached hydrogens (tertiary/aromatic N) is 1. The van der Waals surface area contributed by atoms with Gasteiger partial charge in [-0.2, -0.15) is 0 Å². The lowest BCUT2D eigenvalue weighted by Gasteiger charge is -2.29. The van der Waals surface area contributed by atoms with Crippen molar-refractivity contribution in [2.75, 3.05) is 22.5 Å². The van der Waals surface area contributed by atoms with Gasteiger partial charge >= 0.3 is 6.03 Å². The molecule has 31 heavy (non-hydrogen) atoms. The minimum absolute atomic E-state index is 0.0450. The fourth-order valence-corrected chi connectivity index (χ4v) is 4.66. The van der Waals surface area contributed by atoms with Gasteiger partial charge < -0.3 is 15.5 Å². The molecule has 8 nitrogen and oxygen atoms in total. The summed E-state index contributed by atoms with van der Waals surface area (Å²) in [7, 11) is 0. The Morgan fingerprint density at radius 1 is 1.13 bits per heavy atom. The van der Waals surface area contributed by atoms with E-state index >= 15 is 0 Å². The number of rotatable bonds is 5. The second-order valence-corrected chi connectivity index (χ2v) is 8.66. The third kappa shape index (κ3) is 4.27. The third-order valence-electron chi connectivity index (χ3n) is 5.36. The average Bonchev–Trinajstić information content (AvgIpc) is 3.04. The Balaban J connectivity index is 1.37. The fraction of sp³-hybridized carbons (Fsp3) is 0.273. The number of nitrogens with one attached hydrogen (secondary N) is 3. The molecular weight excluding hydrogens is 416 g/mol. The molecule has 5 amide bonds. The van der Waals surface area contributed by atoms with Crippen molar-refractivity contribution >= 4 is 46.9 Å². The van der Waals surface area contributed by atoms with Gasteiger partial charge in [-0.25, -0.2) is 4.79 Å². The standard InChI is InChI=1S/C22H22N4O4S/c1-22(20(29)24-21(30)25-22)14-5-4-6-15(13-14)23-18(27)9-10-19(28)26-11-12-31-17-8-3-2-7-16(17)26/h2-8,13H,9-12H2,1H3,(H,23,27)(H2,24,25,29,30). The number of carbonyl (C=O) groups excluding carboxylic acids is 4. The van der Waals surface area contributed by atoms with Crippen LogP contribution in [0.15, 0.2) is 53.4 Å². The number of thioether (sulfide) groups is 1. The van der Waals surface area contributed by atoms with Crippen molar-refractivity contribution in [1.29, 1.82) is 0 Å². The molecule has 9 heteroatoms. The van der Waals surface area contributed by atoms with Crippen molar-refractivity contribution in [3.05, 3.63) is 54.1 Å². The lowest BCUT2D eigenvalue weighted by Crippen LogP contribution is -2.40. The van der Waals surface area contributed by atoms with Crippen molar-refractivity contribution in [1.82, 2.24) is 10.6 Å². The molecule has 0 spiro atoms. The van der Waals surface area contributed by atoms with Gasteiger partial charge in [-0.05, 0) is 36.8 Å². The van der Waals surface area contributed by atoms with Gasteiger partial charge in [0.05, 0.1) is 5.69 Å². The molecule has 0 bridgehead atoms. The van der Waals surface area contributed by atoms with Crippen molar-refractivity contribution in [3.63, 3.8) is 0 Å². The molecule has 0 radical (unpaired) electrons. The summed E-state index contributed by atoms with van der Waals surface area (Å²) in [4.78, 5) is 51.6. The summed E-state index contributed by atoms with van der Waals surface area (Å²) in [6.07, 6.45) is 0.143. The molecule has 0 saturated carbocycles. The van der Waals surface area contributed by atoms with E-state index in [-0.39, 0.29) is 24.7 Å². The number of anilines is 2. The summed E-state index contributed by atoms with van der Waals surface area (Å²) < 4.78 is 0. The first-order valence-electron chi connectivity index (χ1n) is 9.93. The SMILES string of the molecule is CC1(c2cccc(NC(=O)CCC(=O)N3CCSc4ccccc43)c2)NC(=O)NC1=O. The molecular formula is C22H22N4O4S. The van der Waals surface area contributed by atoms with Crippen LogP contribution in [0.25, 0.3) is 0 Å². The van der Waals surface area contributed by atoms with Crippen LogP contribution in [0.3, 0.4) is 0 Å². The van der Waals surface area contributed by atoms with Crippen LogP contribution >= 0.6 is 11.8 Å². The smallest absolute Gasteiger partial charge is 0.322 e. The molecule has 160 valence electrons. The molecule has 3 N–H and O–H groups in total. The fourth-order valence-electron chi connectivity index (χ4n) is 3.66. The zero-order valence-electron chi connectivity index (χ0n) is 16.9. The maximum absolute atomic E-state index is 12.7. The van der Waals surface area contributed by atoms with Crippen molar-refractivity contribution < 1.29 is 19.2 Å². The van der Waals surface area contributed by atoms with E-state index in [9.17, 15) is 19.2 Å². The van der Waals surface area contributed by atoms with Gasteiger partial charge in [-0.1, -0.05) is 24.3 Å². The number of imide groups is 1. The predicted octanol–water partition coefficient (Wildman–Crippen LogP) is 2.60. The van der Waals surface area contributed by atoms with Crippen molar-refractivity contribution in [2.45, 2.75) is 30.2 Å². The van der Waals surface area contributed by atoms with Crippen LogP contribution in [-0.4, -0.2) is 36.1 Å². The van der Waals surface area contributed by atoms with Gasteiger partial charge in [0.25, 0.3) is 5.91 Å². The van der Waals surface area contributed by atoms with Crippen LogP contribution in [0.2, 0.25) is 0 Å². The molecule has 4 rings (SSSR count). The van der Waals surface area contributed by atoms with E-state index in [2.05, 4.69) is 16.0 Å². The van der Waals surface area contributed by atoms with Crippen LogP contribution in [0.1, 0.15) is 25.3 Å². The lowest BCUT2D eigenvalue weighted by atomic mass is 9.92. The molecule has 1 saturated heterocycles. The van der Waals surface area contributed by atoms with Gasteiger partial charge in [0, 0.05) is 35.7 Å². The number of para-hydroxylation sites is 1. The number of hydrogen-bond acceptors (Lipinski definition) is 5. The molecule has 1 unspecified atom stereocenters. The molecule has 1 atom stereocenters. The minimum atomic E-state index is -1.20. The number of fused-ring (bicyclic) bond motifs is 1. The maximum Gasteiger partial charge on any atom is 0.322 e. The Bertz CT molecular complexity index is 1070. The Hall–Kier alpha value is -3.33. The maximum atomic E-state index is 12.7. The van der Waals surface area contributed by atoms with Crippen molar-refractivity contribution in [2.24, 2.45) is 0 Å². The van der Waals surface area contributed by atoms with E-state index in [0.29, 0.717) is 17.8 Å². The summed E-state index contributed by atoms with van der Waals surface area (Å²) in [5.74, 6) is -0.0127. The van der Waals surface area contributed by atoms with Crippen LogP contribution in [0.5, 0.6) is 0 Å². The molecule has 0 aliphatic carbocycles. The first-order valence-corrected chi connectivity index (χ1v) is 10.9. The number of urea groups is 1. The highest BCUT2D eigenvalue weighted by Crippen LogP contribution is 2.34. The number of amides is 5. The Labute approximate surface area is 183 Å². The first kappa shape index (κ1) is 20.9. The molecule has 1 fully saturated rings. The molecule has 2 aliphatic rings. The first-order chi connectivity index (χ1) is 14.9.